The van der Waals surface area contributed by atoms with Crippen molar-refractivity contribution in [3.63, 3.8) is 0 Å². The Bertz CT molecular complexity index is 3310. The maximum atomic E-state index is 13.2. The summed E-state index contributed by atoms with van der Waals surface area (Å²) in [5.74, 6) is 1.83. The van der Waals surface area contributed by atoms with Gasteiger partial charge in [-0.05, 0) is 129 Å². The van der Waals surface area contributed by atoms with Crippen LogP contribution in [0, 0.1) is 0 Å². The van der Waals surface area contributed by atoms with Gasteiger partial charge in [0.15, 0.2) is 5.78 Å². The minimum Gasteiger partial charge on any atom is -0.497 e. The van der Waals surface area contributed by atoms with Gasteiger partial charge in [-0.3, -0.25) is 19.2 Å². The van der Waals surface area contributed by atoms with Crippen LogP contribution in [0.2, 0.25) is 0 Å². The van der Waals surface area contributed by atoms with Gasteiger partial charge < -0.3 is 29.3 Å². The van der Waals surface area contributed by atoms with Crippen molar-refractivity contribution in [1.82, 2.24) is 0 Å². The molecular weight excluding hydrogens is 935 g/mol. The number of methoxy groups -OCH3 is 2. The average Bonchev–Trinajstić information content (AvgIpc) is 3.45. The third kappa shape index (κ3) is 10.6. The quantitative estimate of drug-likeness (QED) is 0.169. The van der Waals surface area contributed by atoms with E-state index in [1.54, 1.807) is 42.2 Å². The lowest BCUT2D eigenvalue weighted by atomic mass is 9.77. The van der Waals surface area contributed by atoms with Crippen molar-refractivity contribution in [2.75, 3.05) is 28.9 Å². The predicted molar refractivity (Wildman–Crippen MR) is 296 cm³/mol. The molecule has 8 aromatic carbocycles. The lowest BCUT2D eigenvalue weighted by Crippen LogP contribution is -2.49. The molecule has 0 aliphatic carbocycles. The first-order valence-electron chi connectivity index (χ1n) is 25.4. The molecule has 8 aromatic rings. The van der Waals surface area contributed by atoms with Crippen molar-refractivity contribution in [3.05, 3.63) is 257 Å². The highest BCUT2D eigenvalue weighted by atomic mass is 16.5. The summed E-state index contributed by atoms with van der Waals surface area (Å²) in [6, 6.07) is 66.6. The topological polar surface area (TPSA) is 117 Å². The zero-order valence-electron chi connectivity index (χ0n) is 42.9. The highest BCUT2D eigenvalue weighted by Gasteiger charge is 2.44. The fourth-order valence-electron chi connectivity index (χ4n) is 10.8. The van der Waals surface area contributed by atoms with Crippen molar-refractivity contribution in [2.45, 2.75) is 69.7 Å². The third-order valence-corrected chi connectivity index (χ3v) is 14.4. The van der Waals surface area contributed by atoms with Crippen LogP contribution in [0.1, 0.15) is 110 Å². The lowest BCUT2D eigenvalue weighted by Gasteiger charge is -2.44. The van der Waals surface area contributed by atoms with E-state index in [1.165, 1.54) is 11.1 Å². The summed E-state index contributed by atoms with van der Waals surface area (Å²) in [5.41, 5.74) is 7.78. The summed E-state index contributed by atoms with van der Waals surface area (Å²) in [6.45, 7) is 6.01. The van der Waals surface area contributed by atoms with Gasteiger partial charge in [0.25, 0.3) is 17.7 Å². The Hall–Kier alpha value is -8.60. The molecule has 3 heterocycles. The number of ether oxygens (including phenoxy) is 2. The molecule has 10 heteroatoms. The van der Waals surface area contributed by atoms with Gasteiger partial charge in [-0.2, -0.15) is 0 Å². The number of amides is 3. The van der Waals surface area contributed by atoms with Crippen molar-refractivity contribution < 1.29 is 33.8 Å². The van der Waals surface area contributed by atoms with Crippen LogP contribution < -0.4 is 24.2 Å². The van der Waals surface area contributed by atoms with Crippen LogP contribution in [0.4, 0.5) is 17.1 Å². The van der Waals surface area contributed by atoms with Crippen LogP contribution in [-0.4, -0.2) is 61.0 Å². The molecule has 11 rings (SSSR count). The monoisotopic (exact) mass is 995 g/mol. The molecule has 3 aliphatic rings. The van der Waals surface area contributed by atoms with Crippen LogP contribution in [0.5, 0.6) is 11.5 Å². The van der Waals surface area contributed by atoms with E-state index in [0.717, 1.165) is 40.2 Å². The molecule has 0 aromatic heterocycles. The van der Waals surface area contributed by atoms with E-state index in [0.29, 0.717) is 41.0 Å². The Morgan fingerprint density at radius 1 is 0.493 bits per heavy atom. The molecule has 0 spiro atoms. The number of anilines is 3. The first kappa shape index (κ1) is 51.3. The van der Waals surface area contributed by atoms with E-state index in [2.05, 4.69) is 31.2 Å². The second kappa shape index (κ2) is 22.7. The number of para-hydroxylation sites is 3. The van der Waals surface area contributed by atoms with E-state index in [9.17, 15) is 24.3 Å². The second-order valence-corrected chi connectivity index (χ2v) is 19.3. The molecule has 0 fully saturated rings. The Labute approximate surface area is 439 Å². The summed E-state index contributed by atoms with van der Waals surface area (Å²) < 4.78 is 10.8. The van der Waals surface area contributed by atoms with Gasteiger partial charge in [0.1, 0.15) is 17.1 Å². The van der Waals surface area contributed by atoms with E-state index in [4.69, 9.17) is 9.47 Å². The van der Waals surface area contributed by atoms with Gasteiger partial charge in [0, 0.05) is 70.4 Å². The lowest BCUT2D eigenvalue weighted by molar-refractivity contribution is 0.0563. The van der Waals surface area contributed by atoms with Crippen LogP contribution in [0.15, 0.2) is 212 Å². The summed E-state index contributed by atoms with van der Waals surface area (Å²) in [4.78, 5) is 56.7. The molecule has 0 saturated carbocycles. The van der Waals surface area contributed by atoms with Crippen molar-refractivity contribution in [2.24, 2.45) is 0 Å². The van der Waals surface area contributed by atoms with Gasteiger partial charge in [-0.25, -0.2) is 0 Å². The Kier molecular flexibility index (Phi) is 15.5. The van der Waals surface area contributed by atoms with E-state index < -0.39 is 5.60 Å². The molecule has 5 unspecified atom stereocenters. The molecule has 3 aliphatic heterocycles. The van der Waals surface area contributed by atoms with Crippen LogP contribution in [-0.2, 0) is 5.60 Å². The standard InChI is InChI=1S/C24H23NO3.C24H23NO2.C17H15NO2/c1-17-16-24(27,19-11-8-12-20(15-19)28-2)21-13-6-7-14-22(21)25(17)23(26)18-9-4-3-5-10-18;1-17-15-22(19-11-8-12-20(16-19)27-2)21-13-6-7-14-23(21)25(17)24(26)18-9-4-3-5-10-18;1-12-11-16(19)14-9-5-6-10-15(14)18(12)17(20)13-7-3-2-4-8-13/h3-15,17,27H,16H2,1-2H3;3-14,16-17,22H,15H2,1-2H3;2-10,12H,11H2,1H3. The van der Waals surface area contributed by atoms with Crippen LogP contribution >= 0.6 is 0 Å². The highest BCUT2D eigenvalue weighted by Crippen LogP contribution is 2.47. The molecule has 0 bridgehead atoms. The van der Waals surface area contributed by atoms with Crippen molar-refractivity contribution in [1.29, 1.82) is 0 Å². The first-order chi connectivity index (χ1) is 36.4. The number of Topliss-reactive ketones (excluding diaryl/α,β-unsaturated/α-hetero) is 1. The van der Waals surface area contributed by atoms with Gasteiger partial charge in [0.05, 0.1) is 25.6 Å². The molecule has 378 valence electrons. The average molecular weight is 996 g/mol. The minimum atomic E-state index is -1.20. The number of benzene rings is 8. The maximum Gasteiger partial charge on any atom is 0.258 e. The third-order valence-electron chi connectivity index (χ3n) is 14.4. The largest absolute Gasteiger partial charge is 0.497 e. The maximum absolute atomic E-state index is 13.2. The number of carbonyl (C=O) groups excluding carboxylic acids is 4. The number of aliphatic hydroxyl groups is 1. The number of nitrogens with zero attached hydrogens (tertiary/aromatic N) is 3. The summed E-state index contributed by atoms with van der Waals surface area (Å²) >= 11 is 0. The van der Waals surface area contributed by atoms with Crippen molar-refractivity contribution in [3.8, 4) is 11.5 Å². The summed E-state index contributed by atoms with van der Waals surface area (Å²) in [7, 11) is 3.30. The summed E-state index contributed by atoms with van der Waals surface area (Å²) in [5, 5.41) is 11.8. The van der Waals surface area contributed by atoms with E-state index in [1.807, 2.05) is 189 Å². The summed E-state index contributed by atoms with van der Waals surface area (Å²) in [6.07, 6.45) is 1.65. The fourth-order valence-corrected chi connectivity index (χ4v) is 10.8. The molecule has 3 amide bonds. The van der Waals surface area contributed by atoms with Crippen LogP contribution in [0.25, 0.3) is 0 Å². The first-order valence-corrected chi connectivity index (χ1v) is 25.4. The Morgan fingerprint density at radius 3 is 1.55 bits per heavy atom. The van der Waals surface area contributed by atoms with Gasteiger partial charge in [-0.15, -0.1) is 0 Å². The number of fused-ring (bicyclic) bond motifs is 3. The molecule has 10 nitrogen and oxygen atoms in total. The number of rotatable bonds is 7. The zero-order chi connectivity index (χ0) is 52.6. The number of carbonyl (C=O) groups is 4. The Morgan fingerprint density at radius 2 is 0.960 bits per heavy atom. The highest BCUT2D eigenvalue weighted by molar-refractivity contribution is 6.14. The molecule has 1 N–H and O–H groups in total. The predicted octanol–water partition coefficient (Wildman–Crippen LogP) is 12.9. The zero-order valence-corrected chi connectivity index (χ0v) is 42.9. The minimum absolute atomic E-state index is 0.0552. The van der Waals surface area contributed by atoms with Crippen molar-refractivity contribution >= 4 is 40.6 Å². The molecule has 0 saturated heterocycles. The second-order valence-electron chi connectivity index (χ2n) is 19.3. The van der Waals surface area contributed by atoms with Gasteiger partial charge in [0.2, 0.25) is 0 Å². The van der Waals surface area contributed by atoms with E-state index in [-0.39, 0.29) is 47.5 Å². The number of hydrogen-bond acceptors (Lipinski definition) is 7. The SMILES string of the molecule is CC1CC(=O)c2ccccc2N1C(=O)c1ccccc1.COc1cccc(C2(O)CC(C)N(C(=O)c3ccccc3)c3ccccc32)c1.COc1cccc(C2CC(C)N(C(=O)c3ccccc3)c3ccccc32)c1. The molecule has 0 radical (unpaired) electrons. The molecular formula is C65H61N3O7. The smallest absolute Gasteiger partial charge is 0.258 e. The number of ketones is 1. The fraction of sp³-hybridized carbons (Fsp3) is 0.200. The van der Waals surface area contributed by atoms with Crippen LogP contribution in [0.3, 0.4) is 0 Å². The van der Waals surface area contributed by atoms with Gasteiger partial charge in [-0.1, -0.05) is 127 Å². The van der Waals surface area contributed by atoms with E-state index >= 15 is 0 Å². The normalized spacial score (nSPS) is 19.3. The molecule has 5 atom stereocenters. The Balaban J connectivity index is 0.000000140. The molecule has 75 heavy (non-hydrogen) atoms. The van der Waals surface area contributed by atoms with Gasteiger partial charge >= 0.3 is 0 Å². The number of hydrogen-bond donors (Lipinski definition) is 1.